The van der Waals surface area contributed by atoms with Crippen LogP contribution in [0.5, 0.6) is 11.5 Å². The normalized spacial score (nSPS) is 11.0. The molecule has 0 spiro atoms. The molecule has 3 aromatic carbocycles. The number of sulfonamides is 1. The number of halogens is 1. The van der Waals surface area contributed by atoms with Gasteiger partial charge in [0.1, 0.15) is 0 Å². The van der Waals surface area contributed by atoms with Crippen LogP contribution in [0.25, 0.3) is 0 Å². The summed E-state index contributed by atoms with van der Waals surface area (Å²) in [5.74, 6) is 1.14. The van der Waals surface area contributed by atoms with Gasteiger partial charge in [0.05, 0.1) is 30.6 Å². The van der Waals surface area contributed by atoms with E-state index >= 15 is 0 Å². The molecule has 33 heavy (non-hydrogen) atoms. The average molecular weight is 507 g/mol. The number of nitrogens with one attached hydrogen (secondary N) is 2. The highest BCUT2D eigenvalue weighted by molar-refractivity contribution is 8.00. The van der Waals surface area contributed by atoms with Crippen LogP contribution in [-0.2, 0) is 14.8 Å². The van der Waals surface area contributed by atoms with Crippen molar-refractivity contribution in [2.75, 3.05) is 30.0 Å². The van der Waals surface area contributed by atoms with E-state index in [0.717, 1.165) is 10.5 Å². The number of rotatable bonds is 9. The molecule has 0 heterocycles. The van der Waals surface area contributed by atoms with Crippen LogP contribution in [0.4, 0.5) is 11.4 Å². The van der Waals surface area contributed by atoms with Crippen LogP contribution >= 0.6 is 23.4 Å². The molecule has 0 aliphatic carbocycles. The molecule has 0 unspecified atom stereocenters. The molecule has 0 saturated carbocycles. The van der Waals surface area contributed by atoms with Gasteiger partial charge in [0.15, 0.2) is 11.5 Å². The Balaban J connectivity index is 1.59. The van der Waals surface area contributed by atoms with E-state index in [1.807, 2.05) is 13.0 Å². The van der Waals surface area contributed by atoms with Crippen molar-refractivity contribution in [3.63, 3.8) is 0 Å². The lowest BCUT2D eigenvalue weighted by Crippen LogP contribution is -2.15. The van der Waals surface area contributed by atoms with Crippen molar-refractivity contribution < 1.29 is 22.7 Å². The number of amides is 1. The number of hydrogen-bond acceptors (Lipinski definition) is 6. The molecule has 0 radical (unpaired) electrons. The number of ether oxygens (including phenoxy) is 2. The minimum Gasteiger partial charge on any atom is -0.493 e. The van der Waals surface area contributed by atoms with Gasteiger partial charge in [-0.15, -0.1) is 11.8 Å². The van der Waals surface area contributed by atoms with Crippen molar-refractivity contribution >= 4 is 50.7 Å². The zero-order valence-corrected chi connectivity index (χ0v) is 20.6. The fraction of sp³-hybridized carbons (Fsp3) is 0.174. The van der Waals surface area contributed by atoms with E-state index in [0.29, 0.717) is 27.9 Å². The molecule has 3 aromatic rings. The lowest BCUT2D eigenvalue weighted by molar-refractivity contribution is -0.113. The predicted octanol–water partition coefficient (Wildman–Crippen LogP) is 5.20. The first-order valence-electron chi connectivity index (χ1n) is 9.75. The van der Waals surface area contributed by atoms with Crippen LogP contribution < -0.4 is 19.5 Å². The average Bonchev–Trinajstić information content (AvgIpc) is 2.80. The van der Waals surface area contributed by atoms with Crippen molar-refractivity contribution in [3.8, 4) is 11.5 Å². The van der Waals surface area contributed by atoms with E-state index in [1.165, 1.54) is 36.0 Å². The molecule has 0 atom stereocenters. The van der Waals surface area contributed by atoms with Gasteiger partial charge in [0.2, 0.25) is 5.91 Å². The molecule has 3 rings (SSSR count). The number of carbonyl (C=O) groups excluding carboxylic acids is 1. The smallest absolute Gasteiger partial charge is 0.261 e. The first kappa shape index (κ1) is 24.8. The Hall–Kier alpha value is -2.88. The summed E-state index contributed by atoms with van der Waals surface area (Å²) in [6.07, 6.45) is 0. The van der Waals surface area contributed by atoms with Gasteiger partial charge < -0.3 is 14.8 Å². The summed E-state index contributed by atoms with van der Waals surface area (Å²) in [4.78, 5) is 13.2. The number of benzene rings is 3. The lowest BCUT2D eigenvalue weighted by Gasteiger charge is -2.11. The Bertz CT molecular complexity index is 1250. The highest BCUT2D eigenvalue weighted by Gasteiger charge is 2.15. The molecule has 0 aliphatic rings. The van der Waals surface area contributed by atoms with Crippen molar-refractivity contribution in [1.82, 2.24) is 0 Å². The molecule has 7 nitrogen and oxygen atoms in total. The van der Waals surface area contributed by atoms with E-state index < -0.39 is 10.0 Å². The minimum atomic E-state index is -3.79. The maximum Gasteiger partial charge on any atom is 0.261 e. The van der Waals surface area contributed by atoms with Gasteiger partial charge in [0, 0.05) is 15.6 Å². The Morgan fingerprint density at radius 1 is 0.939 bits per heavy atom. The van der Waals surface area contributed by atoms with Crippen LogP contribution in [0.3, 0.4) is 0 Å². The van der Waals surface area contributed by atoms with Gasteiger partial charge >= 0.3 is 0 Å². The highest BCUT2D eigenvalue weighted by Crippen LogP contribution is 2.32. The van der Waals surface area contributed by atoms with Crippen molar-refractivity contribution in [1.29, 1.82) is 0 Å². The molecule has 0 bridgehead atoms. The maximum absolute atomic E-state index is 12.6. The molecule has 2 N–H and O–H groups in total. The summed E-state index contributed by atoms with van der Waals surface area (Å²) in [6, 6.07) is 16.3. The number of methoxy groups -OCH3 is 2. The van der Waals surface area contributed by atoms with Crippen molar-refractivity contribution in [2.24, 2.45) is 0 Å². The summed E-state index contributed by atoms with van der Waals surface area (Å²) in [7, 11) is -0.686. The first-order chi connectivity index (χ1) is 15.7. The highest BCUT2D eigenvalue weighted by atomic mass is 35.5. The molecule has 10 heteroatoms. The third-order valence-corrected chi connectivity index (χ3v) is 7.40. The van der Waals surface area contributed by atoms with Crippen LogP contribution in [0.15, 0.2) is 70.5 Å². The second-order valence-electron chi connectivity index (χ2n) is 6.95. The Kier molecular flexibility index (Phi) is 8.12. The molecule has 1 amide bonds. The predicted molar refractivity (Wildman–Crippen MR) is 132 cm³/mol. The van der Waals surface area contributed by atoms with E-state index in [-0.39, 0.29) is 16.6 Å². The number of carbonyl (C=O) groups is 1. The van der Waals surface area contributed by atoms with E-state index in [1.54, 1.807) is 44.6 Å². The molecule has 0 aromatic heterocycles. The van der Waals surface area contributed by atoms with Crippen LogP contribution in [-0.4, -0.2) is 34.3 Å². The van der Waals surface area contributed by atoms with Gasteiger partial charge in [-0.25, -0.2) is 8.42 Å². The summed E-state index contributed by atoms with van der Waals surface area (Å²) >= 11 is 7.41. The maximum atomic E-state index is 12.6. The van der Waals surface area contributed by atoms with E-state index in [9.17, 15) is 13.2 Å². The standard InChI is InChI=1S/C23H23ClN2O5S2/c1-15-4-5-17(12-20(15)24)26-33(28,29)19-9-6-16(7-10-19)25-23(27)14-32-18-8-11-21(30-2)22(13-18)31-3/h4-13,26H,14H2,1-3H3,(H,25,27). The molecule has 0 fully saturated rings. The summed E-state index contributed by atoms with van der Waals surface area (Å²) in [5.41, 5.74) is 1.71. The quantitative estimate of drug-likeness (QED) is 0.387. The summed E-state index contributed by atoms with van der Waals surface area (Å²) in [5, 5.41) is 3.23. The third-order valence-electron chi connectivity index (χ3n) is 4.60. The Labute approximate surface area is 202 Å². The minimum absolute atomic E-state index is 0.0666. The fourth-order valence-corrected chi connectivity index (χ4v) is 4.79. The number of hydrogen-bond donors (Lipinski definition) is 2. The van der Waals surface area contributed by atoms with Gasteiger partial charge in [-0.2, -0.15) is 0 Å². The van der Waals surface area contributed by atoms with E-state index in [2.05, 4.69) is 10.0 Å². The number of thioether (sulfide) groups is 1. The topological polar surface area (TPSA) is 93.7 Å². The molecular weight excluding hydrogens is 484 g/mol. The largest absolute Gasteiger partial charge is 0.493 e. The fourth-order valence-electron chi connectivity index (χ4n) is 2.84. The molecule has 174 valence electrons. The molecule has 0 saturated heterocycles. The van der Waals surface area contributed by atoms with Gasteiger partial charge in [-0.05, 0) is 67.1 Å². The van der Waals surface area contributed by atoms with Crippen LogP contribution in [0.1, 0.15) is 5.56 Å². The number of anilines is 2. The molecule has 0 aliphatic heterocycles. The van der Waals surface area contributed by atoms with E-state index in [4.69, 9.17) is 21.1 Å². The SMILES string of the molecule is COc1ccc(SCC(=O)Nc2ccc(S(=O)(=O)Nc3ccc(C)c(Cl)c3)cc2)cc1OC. The second kappa shape index (κ2) is 10.8. The van der Waals surface area contributed by atoms with Crippen molar-refractivity contribution in [3.05, 3.63) is 71.2 Å². The van der Waals surface area contributed by atoms with Crippen LogP contribution in [0, 0.1) is 6.92 Å². The van der Waals surface area contributed by atoms with Crippen LogP contribution in [0.2, 0.25) is 5.02 Å². The third kappa shape index (κ3) is 6.56. The monoisotopic (exact) mass is 506 g/mol. The molecular formula is C23H23ClN2O5S2. The Morgan fingerprint density at radius 2 is 1.61 bits per heavy atom. The Morgan fingerprint density at radius 3 is 2.24 bits per heavy atom. The zero-order valence-electron chi connectivity index (χ0n) is 18.2. The second-order valence-corrected chi connectivity index (χ2v) is 10.1. The summed E-state index contributed by atoms with van der Waals surface area (Å²) < 4.78 is 38.2. The van der Waals surface area contributed by atoms with Gasteiger partial charge in [-0.1, -0.05) is 17.7 Å². The zero-order chi connectivity index (χ0) is 24.0. The van der Waals surface area contributed by atoms with Crippen molar-refractivity contribution in [2.45, 2.75) is 16.7 Å². The number of aryl methyl sites for hydroxylation is 1. The summed E-state index contributed by atoms with van der Waals surface area (Å²) in [6.45, 7) is 1.83. The van der Waals surface area contributed by atoms with Gasteiger partial charge in [-0.3, -0.25) is 9.52 Å². The lowest BCUT2D eigenvalue weighted by atomic mass is 10.2. The first-order valence-corrected chi connectivity index (χ1v) is 12.6. The van der Waals surface area contributed by atoms with Gasteiger partial charge in [0.25, 0.3) is 10.0 Å².